The van der Waals surface area contributed by atoms with Crippen molar-refractivity contribution in [2.45, 2.75) is 129 Å². The minimum atomic E-state index is -1.20. The first kappa shape index (κ1) is 26.4. The molecule has 1 unspecified atom stereocenters. The molecule has 0 aromatic rings. The zero-order valence-corrected chi connectivity index (χ0v) is 23.8. The summed E-state index contributed by atoms with van der Waals surface area (Å²) in [4.78, 5) is 13.9. The predicted molar refractivity (Wildman–Crippen MR) is 140 cm³/mol. The molecular weight excluding hydrogens is 452 g/mol. The van der Waals surface area contributed by atoms with E-state index in [0.29, 0.717) is 25.2 Å². The van der Waals surface area contributed by atoms with Gasteiger partial charge in [0.25, 0.3) is 0 Å². The molecule has 0 aromatic carbocycles. The van der Waals surface area contributed by atoms with E-state index < -0.39 is 22.0 Å². The van der Waals surface area contributed by atoms with Gasteiger partial charge in [0.1, 0.15) is 16.6 Å². The molecule has 2 N–H and O–H groups in total. The van der Waals surface area contributed by atoms with Gasteiger partial charge in [0.15, 0.2) is 0 Å². The van der Waals surface area contributed by atoms with E-state index in [1.807, 2.05) is 6.92 Å². The van der Waals surface area contributed by atoms with Gasteiger partial charge >= 0.3 is 5.97 Å². The van der Waals surface area contributed by atoms with Crippen molar-refractivity contribution in [1.82, 2.24) is 0 Å². The molecule has 1 saturated heterocycles. The average Bonchev–Trinajstić information content (AvgIpc) is 3.15. The van der Waals surface area contributed by atoms with E-state index >= 15 is 0 Å². The number of esters is 1. The average molecular weight is 501 g/mol. The van der Waals surface area contributed by atoms with Crippen LogP contribution in [0.25, 0.3) is 0 Å². The second kappa shape index (κ2) is 7.70. The normalized spacial score (nSPS) is 47.2. The van der Waals surface area contributed by atoms with Crippen molar-refractivity contribution in [2.24, 2.45) is 27.6 Å². The van der Waals surface area contributed by atoms with Gasteiger partial charge < -0.3 is 19.7 Å². The van der Waals surface area contributed by atoms with E-state index in [2.05, 4.69) is 53.7 Å². The van der Waals surface area contributed by atoms with Crippen molar-refractivity contribution in [3.05, 3.63) is 23.3 Å². The van der Waals surface area contributed by atoms with E-state index in [1.54, 1.807) is 7.11 Å². The van der Waals surface area contributed by atoms with Crippen LogP contribution in [0.3, 0.4) is 0 Å². The highest BCUT2D eigenvalue weighted by molar-refractivity contribution is 5.86. The Morgan fingerprint density at radius 1 is 1.08 bits per heavy atom. The Balaban J connectivity index is 1.53. The summed E-state index contributed by atoms with van der Waals surface area (Å²) < 4.78 is 11.8. The number of carbonyl (C=O) groups excluding carboxylic acids is 1. The molecule has 4 aliphatic carbocycles. The Morgan fingerprint density at radius 2 is 1.78 bits per heavy atom. The van der Waals surface area contributed by atoms with Gasteiger partial charge in [-0.2, -0.15) is 0 Å². The van der Waals surface area contributed by atoms with Crippen molar-refractivity contribution in [1.29, 1.82) is 0 Å². The van der Waals surface area contributed by atoms with Gasteiger partial charge in [-0.1, -0.05) is 39.8 Å². The number of allylic oxidation sites excluding steroid dienone is 4. The number of carbonyl (C=O) groups is 1. The third-order valence-electron chi connectivity index (χ3n) is 12.3. The first-order valence-electron chi connectivity index (χ1n) is 14.2. The van der Waals surface area contributed by atoms with Crippen LogP contribution in [0.2, 0.25) is 0 Å². The number of rotatable bonds is 5. The van der Waals surface area contributed by atoms with E-state index in [9.17, 15) is 15.0 Å². The smallest absolute Gasteiger partial charge is 0.317 e. The molecule has 5 nitrogen and oxygen atoms in total. The number of aliphatic hydroxyl groups excluding tert-OH is 1. The largest absolute Gasteiger partial charge is 0.456 e. The van der Waals surface area contributed by atoms with Crippen molar-refractivity contribution < 1.29 is 24.5 Å². The number of fused-ring (bicyclic) bond motifs is 4. The highest BCUT2D eigenvalue weighted by Gasteiger charge is 2.82. The van der Waals surface area contributed by atoms with Gasteiger partial charge in [-0.3, -0.25) is 4.79 Å². The summed E-state index contributed by atoms with van der Waals surface area (Å²) in [7, 11) is 1.73. The SMILES string of the molecule is COC(C)(C)CCCC1(C)OC(=O)[C@]23CC=C4C(=CC[C@H]5C(C)(C)[C@@H](O)CC[C@]45C)[C@]2(C)CC[C@]13O. The number of cyclic esters (lactones) is 1. The fourth-order valence-electron chi connectivity index (χ4n) is 9.55. The summed E-state index contributed by atoms with van der Waals surface area (Å²) in [5.41, 5.74) is -1.34. The summed E-state index contributed by atoms with van der Waals surface area (Å²) in [6, 6.07) is 0. The van der Waals surface area contributed by atoms with Crippen LogP contribution < -0.4 is 0 Å². The van der Waals surface area contributed by atoms with Crippen LogP contribution in [0.4, 0.5) is 0 Å². The van der Waals surface area contributed by atoms with Gasteiger partial charge in [-0.15, -0.1) is 0 Å². The maximum Gasteiger partial charge on any atom is 0.317 e. The molecule has 5 heteroatoms. The van der Waals surface area contributed by atoms with Gasteiger partial charge in [0.05, 0.1) is 11.7 Å². The first-order chi connectivity index (χ1) is 16.5. The lowest BCUT2D eigenvalue weighted by atomic mass is 9.43. The monoisotopic (exact) mass is 500 g/mol. The molecule has 2 saturated carbocycles. The van der Waals surface area contributed by atoms with Crippen LogP contribution in [-0.2, 0) is 14.3 Å². The number of methoxy groups -OCH3 is 1. The second-order valence-corrected chi connectivity index (χ2v) is 14.6. The highest BCUT2D eigenvalue weighted by atomic mass is 16.6. The van der Waals surface area contributed by atoms with Crippen molar-refractivity contribution in [3.8, 4) is 0 Å². The van der Waals surface area contributed by atoms with Crippen LogP contribution in [0.15, 0.2) is 23.3 Å². The molecule has 1 aliphatic heterocycles. The standard InChI is InChI=1S/C31H48O5/c1-25(2,35-8)14-9-15-29(7)31(34)19-18-28(6)21-10-11-22-26(3,4)23(32)13-16-27(22,5)20(21)12-17-30(28,31)24(33)36-29/h10,12,22-23,32,34H,9,11,13-19H2,1-8H3/t22-,23-,27+,28-,29?,30+,31-/m0/s1. The van der Waals surface area contributed by atoms with E-state index in [1.165, 1.54) is 11.1 Å². The third kappa shape index (κ3) is 2.97. The molecule has 7 atom stereocenters. The lowest BCUT2D eigenvalue weighted by Gasteiger charge is -2.60. The molecule has 1 spiro atoms. The quantitative estimate of drug-likeness (QED) is 0.461. The minimum Gasteiger partial charge on any atom is -0.456 e. The lowest BCUT2D eigenvalue weighted by molar-refractivity contribution is -0.158. The molecule has 1 heterocycles. The number of ether oxygens (including phenoxy) is 2. The summed E-state index contributed by atoms with van der Waals surface area (Å²) in [6.45, 7) is 15.1. The van der Waals surface area contributed by atoms with Crippen molar-refractivity contribution >= 4 is 5.97 Å². The van der Waals surface area contributed by atoms with Crippen LogP contribution >= 0.6 is 0 Å². The molecule has 0 aromatic heterocycles. The van der Waals surface area contributed by atoms with E-state index in [4.69, 9.17) is 9.47 Å². The van der Waals surface area contributed by atoms with E-state index in [-0.39, 0.29) is 28.5 Å². The van der Waals surface area contributed by atoms with Crippen LogP contribution in [0, 0.1) is 27.6 Å². The Morgan fingerprint density at radius 3 is 2.44 bits per heavy atom. The van der Waals surface area contributed by atoms with Gasteiger partial charge in [-0.25, -0.2) is 0 Å². The fraction of sp³-hybridized carbons (Fsp3) is 0.839. The summed E-state index contributed by atoms with van der Waals surface area (Å²) in [5.74, 6) is 0.132. The molecule has 36 heavy (non-hydrogen) atoms. The molecule has 5 rings (SSSR count). The molecule has 0 bridgehead atoms. The third-order valence-corrected chi connectivity index (χ3v) is 12.3. The topological polar surface area (TPSA) is 76.0 Å². The second-order valence-electron chi connectivity index (χ2n) is 14.6. The van der Waals surface area contributed by atoms with E-state index in [0.717, 1.165) is 38.5 Å². The van der Waals surface area contributed by atoms with Gasteiger partial charge in [-0.05, 0) is 106 Å². The van der Waals surface area contributed by atoms with Crippen LogP contribution in [0.5, 0.6) is 0 Å². The van der Waals surface area contributed by atoms with Crippen LogP contribution in [0.1, 0.15) is 106 Å². The first-order valence-corrected chi connectivity index (χ1v) is 14.2. The Bertz CT molecular complexity index is 1020. The number of hydrogen-bond acceptors (Lipinski definition) is 5. The summed E-state index contributed by atoms with van der Waals surface area (Å²) in [6.07, 6.45) is 11.2. The van der Waals surface area contributed by atoms with Gasteiger partial charge in [0.2, 0.25) is 0 Å². The van der Waals surface area contributed by atoms with Crippen molar-refractivity contribution in [2.75, 3.05) is 7.11 Å². The number of hydrogen-bond donors (Lipinski definition) is 2. The molecule has 5 aliphatic rings. The molecular formula is C31H48O5. The maximum absolute atomic E-state index is 13.9. The molecule has 202 valence electrons. The Labute approximate surface area is 217 Å². The summed E-state index contributed by atoms with van der Waals surface area (Å²) >= 11 is 0. The Kier molecular flexibility index (Phi) is 5.65. The molecule has 0 amide bonds. The van der Waals surface area contributed by atoms with Crippen molar-refractivity contribution in [3.63, 3.8) is 0 Å². The van der Waals surface area contributed by atoms with Crippen LogP contribution in [-0.4, -0.2) is 46.2 Å². The highest BCUT2D eigenvalue weighted by Crippen LogP contribution is 2.76. The van der Waals surface area contributed by atoms with Gasteiger partial charge in [0, 0.05) is 12.5 Å². The zero-order valence-electron chi connectivity index (χ0n) is 23.8. The number of aliphatic hydroxyl groups is 2. The fourth-order valence-corrected chi connectivity index (χ4v) is 9.55. The maximum atomic E-state index is 13.9. The predicted octanol–water partition coefficient (Wildman–Crippen LogP) is 5.88. The lowest BCUT2D eigenvalue weighted by Crippen LogP contribution is -2.61. The Hall–Kier alpha value is -1.17. The molecule has 3 fully saturated rings. The molecule has 0 radical (unpaired) electrons. The zero-order chi connectivity index (χ0) is 26.6. The minimum absolute atomic E-state index is 0.0321. The summed E-state index contributed by atoms with van der Waals surface area (Å²) in [5, 5.41) is 23.3.